The Balaban J connectivity index is 2.25. The van der Waals surface area contributed by atoms with E-state index in [1.165, 1.54) is 17.9 Å². The van der Waals surface area contributed by atoms with Crippen LogP contribution in [0.15, 0.2) is 47.9 Å². The summed E-state index contributed by atoms with van der Waals surface area (Å²) in [5.74, 6) is -2.28. The van der Waals surface area contributed by atoms with Crippen molar-refractivity contribution in [2.75, 3.05) is 7.11 Å². The number of hydrogen-bond donors (Lipinski definition) is 1. The maximum absolute atomic E-state index is 13.1. The number of hydrogen-bond acceptors (Lipinski definition) is 4. The summed E-state index contributed by atoms with van der Waals surface area (Å²) in [4.78, 5) is 12.0. The molecule has 5 nitrogen and oxygen atoms in total. The second-order valence-corrected chi connectivity index (χ2v) is 6.81. The number of methoxy groups -OCH3 is 1. The monoisotopic (exact) mass is 403 g/mol. The van der Waals surface area contributed by atoms with Gasteiger partial charge in [-0.1, -0.05) is 12.1 Å². The smallest absolute Gasteiger partial charge is 0.417 e. The molecule has 0 aromatic heterocycles. The molecule has 0 radical (unpaired) electrons. The number of ether oxygens (including phenoxy) is 1. The number of alkyl halides is 3. The van der Waals surface area contributed by atoms with E-state index >= 15 is 0 Å². The van der Waals surface area contributed by atoms with E-state index in [0.717, 1.165) is 6.08 Å². The minimum absolute atomic E-state index is 0.119. The van der Waals surface area contributed by atoms with Gasteiger partial charge in [0.15, 0.2) is 0 Å². The summed E-state index contributed by atoms with van der Waals surface area (Å²) in [5, 5.41) is 0.621. The van der Waals surface area contributed by atoms with E-state index in [-0.39, 0.29) is 6.07 Å². The Morgan fingerprint density at radius 1 is 1.15 bits per heavy atom. The molecule has 0 atom stereocenters. The molecule has 0 heterocycles. The summed E-state index contributed by atoms with van der Waals surface area (Å²) >= 11 is 0. The van der Waals surface area contributed by atoms with Crippen molar-refractivity contribution in [2.45, 2.75) is 6.18 Å². The maximum atomic E-state index is 13.1. The molecule has 2 aromatic rings. The Morgan fingerprint density at radius 3 is 2.48 bits per heavy atom. The van der Waals surface area contributed by atoms with E-state index in [2.05, 4.69) is 0 Å². The van der Waals surface area contributed by atoms with E-state index in [1.54, 1.807) is 18.2 Å². The Morgan fingerprint density at radius 2 is 1.85 bits per heavy atom. The van der Waals surface area contributed by atoms with E-state index < -0.39 is 39.1 Å². The zero-order valence-electron chi connectivity index (χ0n) is 13.7. The Labute approximate surface area is 152 Å². The van der Waals surface area contributed by atoms with Gasteiger partial charge in [0, 0.05) is 0 Å². The second kappa shape index (κ2) is 7.78. The van der Waals surface area contributed by atoms with Crippen molar-refractivity contribution >= 4 is 22.0 Å². The first-order chi connectivity index (χ1) is 12.5. The fourth-order valence-corrected chi connectivity index (χ4v) is 2.85. The highest BCUT2D eigenvalue weighted by molar-refractivity contribution is 7.93. The van der Waals surface area contributed by atoms with Crippen molar-refractivity contribution in [3.8, 4) is 5.75 Å². The molecule has 0 aliphatic heterocycles. The summed E-state index contributed by atoms with van der Waals surface area (Å²) in [6, 6.07) is 7.59. The highest BCUT2D eigenvalue weighted by Gasteiger charge is 2.36. The first-order valence-corrected chi connectivity index (χ1v) is 8.82. The predicted molar refractivity (Wildman–Crippen MR) is 89.8 cm³/mol. The molecular formula is C17H13F4NO4S. The summed E-state index contributed by atoms with van der Waals surface area (Å²) in [5.41, 5.74) is -2.17. The van der Waals surface area contributed by atoms with E-state index in [4.69, 9.17) is 4.74 Å². The van der Waals surface area contributed by atoms with Gasteiger partial charge < -0.3 is 4.74 Å². The topological polar surface area (TPSA) is 72.5 Å². The fourth-order valence-electron chi connectivity index (χ4n) is 2.08. The number of rotatable bonds is 5. The van der Waals surface area contributed by atoms with Crippen LogP contribution in [0.1, 0.15) is 21.5 Å². The first-order valence-electron chi connectivity index (χ1n) is 7.28. The molecule has 0 aliphatic rings. The Bertz CT molecular complexity index is 985. The van der Waals surface area contributed by atoms with Crippen molar-refractivity contribution in [3.05, 3.63) is 70.4 Å². The van der Waals surface area contributed by atoms with Gasteiger partial charge in [0.1, 0.15) is 11.6 Å². The van der Waals surface area contributed by atoms with Gasteiger partial charge in [-0.3, -0.25) is 4.79 Å². The van der Waals surface area contributed by atoms with Crippen molar-refractivity contribution < 1.29 is 35.5 Å². The Kier molecular flexibility index (Phi) is 5.89. The molecular weight excluding hydrogens is 390 g/mol. The molecule has 0 aliphatic carbocycles. The van der Waals surface area contributed by atoms with Crippen LogP contribution in [-0.4, -0.2) is 21.4 Å². The number of benzene rings is 2. The van der Waals surface area contributed by atoms with Gasteiger partial charge in [-0.2, -0.15) is 13.2 Å². The molecule has 2 rings (SSSR count). The molecule has 10 heteroatoms. The number of nitrogens with one attached hydrogen (secondary N) is 1. The van der Waals surface area contributed by atoms with Crippen LogP contribution in [0, 0.1) is 5.82 Å². The number of amides is 1. The molecule has 2 aromatic carbocycles. The molecule has 0 saturated carbocycles. The lowest BCUT2D eigenvalue weighted by Gasteiger charge is -2.12. The summed E-state index contributed by atoms with van der Waals surface area (Å²) < 4.78 is 82.3. The van der Waals surface area contributed by atoms with Crippen LogP contribution in [0.2, 0.25) is 0 Å². The van der Waals surface area contributed by atoms with Crippen LogP contribution in [0.3, 0.4) is 0 Å². The van der Waals surface area contributed by atoms with Gasteiger partial charge in [-0.25, -0.2) is 17.5 Å². The largest absolute Gasteiger partial charge is 0.497 e. The molecule has 144 valence electrons. The SMILES string of the molecule is COc1cccc(/C=C/S(=O)(=O)NC(=O)c2ccc(F)cc2C(F)(F)F)c1. The van der Waals surface area contributed by atoms with Crippen LogP contribution in [0.25, 0.3) is 6.08 Å². The Hall–Kier alpha value is -2.88. The first kappa shape index (κ1) is 20.4. The normalized spacial score (nSPS) is 12.2. The van der Waals surface area contributed by atoms with Crippen LogP contribution < -0.4 is 9.46 Å². The van der Waals surface area contributed by atoms with Gasteiger partial charge >= 0.3 is 6.18 Å². The van der Waals surface area contributed by atoms with Gasteiger partial charge in [0.25, 0.3) is 15.9 Å². The predicted octanol–water partition coefficient (Wildman–Crippen LogP) is 3.58. The fraction of sp³-hybridized carbons (Fsp3) is 0.118. The zero-order valence-corrected chi connectivity index (χ0v) is 14.6. The van der Waals surface area contributed by atoms with Crippen molar-refractivity contribution in [1.29, 1.82) is 0 Å². The highest BCUT2D eigenvalue weighted by atomic mass is 32.2. The molecule has 1 amide bonds. The van der Waals surface area contributed by atoms with Gasteiger partial charge in [0.05, 0.1) is 23.6 Å². The lowest BCUT2D eigenvalue weighted by molar-refractivity contribution is -0.138. The van der Waals surface area contributed by atoms with Gasteiger partial charge in [0.2, 0.25) is 0 Å². The second-order valence-electron chi connectivity index (χ2n) is 5.24. The van der Waals surface area contributed by atoms with Crippen LogP contribution >= 0.6 is 0 Å². The lowest BCUT2D eigenvalue weighted by Crippen LogP contribution is -2.30. The standard InChI is InChI=1S/C17H13F4NO4S/c1-26-13-4-2-3-11(9-13)7-8-27(24,25)22-16(23)14-6-5-12(18)10-15(14)17(19,20)21/h2-10H,1H3,(H,22,23)/b8-7+. The minimum Gasteiger partial charge on any atom is -0.497 e. The van der Waals surface area contributed by atoms with E-state index in [9.17, 15) is 30.8 Å². The van der Waals surface area contributed by atoms with Gasteiger partial charge in [-0.05, 0) is 42.0 Å². The molecule has 0 unspecified atom stereocenters. The number of sulfonamides is 1. The van der Waals surface area contributed by atoms with Crippen molar-refractivity contribution in [1.82, 2.24) is 4.72 Å². The van der Waals surface area contributed by atoms with Crippen LogP contribution in [0.4, 0.5) is 17.6 Å². The zero-order chi connectivity index (χ0) is 20.2. The summed E-state index contributed by atoms with van der Waals surface area (Å²) in [6.07, 6.45) is -3.90. The summed E-state index contributed by atoms with van der Waals surface area (Å²) in [7, 11) is -2.98. The number of carbonyl (C=O) groups is 1. The average molecular weight is 403 g/mol. The third-order valence-electron chi connectivity index (χ3n) is 3.30. The molecule has 1 N–H and O–H groups in total. The molecule has 0 spiro atoms. The minimum atomic E-state index is -5.03. The molecule has 0 fully saturated rings. The average Bonchev–Trinajstić information content (AvgIpc) is 2.59. The van der Waals surface area contributed by atoms with Crippen LogP contribution in [0.5, 0.6) is 5.75 Å². The van der Waals surface area contributed by atoms with Gasteiger partial charge in [-0.15, -0.1) is 0 Å². The van der Waals surface area contributed by atoms with Crippen molar-refractivity contribution in [3.63, 3.8) is 0 Å². The molecule has 27 heavy (non-hydrogen) atoms. The lowest BCUT2D eigenvalue weighted by atomic mass is 10.1. The van der Waals surface area contributed by atoms with Crippen molar-refractivity contribution in [2.24, 2.45) is 0 Å². The number of halogens is 4. The molecule has 0 bridgehead atoms. The van der Waals surface area contributed by atoms with E-state index in [1.807, 2.05) is 0 Å². The third-order valence-corrected chi connectivity index (χ3v) is 4.26. The highest BCUT2D eigenvalue weighted by Crippen LogP contribution is 2.32. The van der Waals surface area contributed by atoms with E-state index in [0.29, 0.717) is 28.9 Å². The molecule has 0 saturated heterocycles. The third kappa shape index (κ3) is 5.55. The number of carbonyl (C=O) groups excluding carboxylic acids is 1. The quantitative estimate of drug-likeness (QED) is 0.775. The maximum Gasteiger partial charge on any atom is 0.417 e. The summed E-state index contributed by atoms with van der Waals surface area (Å²) in [6.45, 7) is 0. The van der Waals surface area contributed by atoms with Crippen LogP contribution in [-0.2, 0) is 16.2 Å².